The Morgan fingerprint density at radius 1 is 1.28 bits per heavy atom. The van der Waals surface area contributed by atoms with Crippen LogP contribution >= 0.6 is 11.3 Å². The van der Waals surface area contributed by atoms with Crippen LogP contribution < -0.4 is 4.74 Å². The molecule has 1 unspecified atom stereocenters. The van der Waals surface area contributed by atoms with Gasteiger partial charge >= 0.3 is 0 Å². The maximum atomic E-state index is 12.9. The highest BCUT2D eigenvalue weighted by molar-refractivity contribution is 7.09. The number of carbonyl (C=O) groups is 2. The van der Waals surface area contributed by atoms with Crippen molar-refractivity contribution in [1.82, 2.24) is 14.8 Å². The van der Waals surface area contributed by atoms with E-state index in [2.05, 4.69) is 31.0 Å². The van der Waals surface area contributed by atoms with E-state index in [1.807, 2.05) is 41.3 Å². The Labute approximate surface area is 195 Å². The third-order valence-corrected chi connectivity index (χ3v) is 7.04. The lowest BCUT2D eigenvalue weighted by Crippen LogP contribution is -2.48. The second kappa shape index (κ2) is 10.9. The standard InChI is InChI=1S/C25H35N3O3S/c1-17(2)13-24(29)27(4)23(15-19-7-6-8-21(14-19)31-5)20-9-11-28(12-10-20)25(30)22-16-32-18(3)26-22/h6-8,14,16-17,20,23H,9-13,15H2,1-5H3. The van der Waals surface area contributed by atoms with E-state index in [4.69, 9.17) is 4.74 Å². The number of nitrogens with zero attached hydrogens (tertiary/aromatic N) is 3. The normalized spacial score (nSPS) is 15.6. The first-order valence-corrected chi connectivity index (χ1v) is 12.3. The van der Waals surface area contributed by atoms with Gasteiger partial charge in [-0.05, 0) is 55.7 Å². The van der Waals surface area contributed by atoms with Crippen molar-refractivity contribution in [3.05, 3.63) is 45.9 Å². The van der Waals surface area contributed by atoms with Gasteiger partial charge in [0.1, 0.15) is 11.4 Å². The zero-order valence-corrected chi connectivity index (χ0v) is 20.7. The van der Waals surface area contributed by atoms with Crippen molar-refractivity contribution >= 4 is 23.2 Å². The molecule has 1 aliphatic heterocycles. The zero-order chi connectivity index (χ0) is 23.3. The van der Waals surface area contributed by atoms with Crippen LogP contribution in [0.1, 0.15) is 54.2 Å². The molecule has 174 valence electrons. The monoisotopic (exact) mass is 457 g/mol. The molecule has 32 heavy (non-hydrogen) atoms. The molecule has 1 atom stereocenters. The Hall–Kier alpha value is -2.41. The van der Waals surface area contributed by atoms with Gasteiger partial charge in [-0.1, -0.05) is 26.0 Å². The predicted octanol–water partition coefficient (Wildman–Crippen LogP) is 4.43. The fourth-order valence-corrected chi connectivity index (χ4v) is 5.04. The Balaban J connectivity index is 1.72. The molecule has 0 radical (unpaired) electrons. The maximum absolute atomic E-state index is 12.9. The number of ether oxygens (including phenoxy) is 1. The number of likely N-dealkylation sites (tertiary alicyclic amines) is 1. The molecule has 1 aliphatic rings. The highest BCUT2D eigenvalue weighted by Gasteiger charge is 2.33. The number of rotatable bonds is 8. The molecule has 6 nitrogen and oxygen atoms in total. The fourth-order valence-electron chi connectivity index (χ4n) is 4.45. The van der Waals surface area contributed by atoms with Gasteiger partial charge < -0.3 is 14.5 Å². The SMILES string of the molecule is COc1cccc(CC(C2CCN(C(=O)c3csc(C)n3)CC2)N(C)C(=O)CC(C)C)c1. The van der Waals surface area contributed by atoms with Gasteiger partial charge in [-0.2, -0.15) is 0 Å². The molecule has 1 aromatic heterocycles. The van der Waals surface area contributed by atoms with Crippen LogP contribution in [0.4, 0.5) is 0 Å². The molecule has 1 fully saturated rings. The fraction of sp³-hybridized carbons (Fsp3) is 0.560. The van der Waals surface area contributed by atoms with Crippen LogP contribution in [0.3, 0.4) is 0 Å². The van der Waals surface area contributed by atoms with E-state index in [9.17, 15) is 9.59 Å². The maximum Gasteiger partial charge on any atom is 0.273 e. The van der Waals surface area contributed by atoms with Gasteiger partial charge in [0, 0.05) is 38.0 Å². The van der Waals surface area contributed by atoms with E-state index in [0.717, 1.165) is 35.6 Å². The molecule has 2 aromatic rings. The van der Waals surface area contributed by atoms with Crippen molar-refractivity contribution < 1.29 is 14.3 Å². The lowest BCUT2D eigenvalue weighted by Gasteiger charge is -2.40. The highest BCUT2D eigenvalue weighted by atomic mass is 32.1. The summed E-state index contributed by atoms with van der Waals surface area (Å²) in [6, 6.07) is 8.18. The summed E-state index contributed by atoms with van der Waals surface area (Å²) < 4.78 is 5.40. The molecule has 0 spiro atoms. The van der Waals surface area contributed by atoms with Crippen molar-refractivity contribution in [2.75, 3.05) is 27.2 Å². The quantitative estimate of drug-likeness (QED) is 0.588. The summed E-state index contributed by atoms with van der Waals surface area (Å²) in [5.41, 5.74) is 1.71. The van der Waals surface area contributed by atoms with E-state index < -0.39 is 0 Å². The van der Waals surface area contributed by atoms with Crippen LogP contribution in [0.2, 0.25) is 0 Å². The van der Waals surface area contributed by atoms with Gasteiger partial charge in [0.25, 0.3) is 5.91 Å². The van der Waals surface area contributed by atoms with E-state index in [-0.39, 0.29) is 17.9 Å². The molecule has 3 rings (SSSR count). The van der Waals surface area contributed by atoms with Gasteiger partial charge in [-0.25, -0.2) is 4.98 Å². The summed E-state index contributed by atoms with van der Waals surface area (Å²) in [6.07, 6.45) is 3.08. The van der Waals surface area contributed by atoms with Gasteiger partial charge in [0.05, 0.1) is 12.1 Å². The molecule has 1 aromatic carbocycles. The smallest absolute Gasteiger partial charge is 0.273 e. The van der Waals surface area contributed by atoms with Crippen molar-refractivity contribution in [2.24, 2.45) is 11.8 Å². The molecule has 0 aliphatic carbocycles. The number of thiazole rings is 1. The minimum Gasteiger partial charge on any atom is -0.497 e. The number of aromatic nitrogens is 1. The second-order valence-electron chi connectivity index (χ2n) is 9.11. The van der Waals surface area contributed by atoms with Crippen LogP contribution in [0.5, 0.6) is 5.75 Å². The average molecular weight is 458 g/mol. The van der Waals surface area contributed by atoms with Crippen LogP contribution in [-0.2, 0) is 11.2 Å². The van der Waals surface area contributed by atoms with Gasteiger partial charge in [0.2, 0.25) is 5.91 Å². The molecular weight excluding hydrogens is 422 g/mol. The molecule has 0 N–H and O–H groups in total. The number of methoxy groups -OCH3 is 1. The first-order valence-electron chi connectivity index (χ1n) is 11.4. The molecule has 7 heteroatoms. The summed E-state index contributed by atoms with van der Waals surface area (Å²) >= 11 is 1.51. The molecule has 2 amide bonds. The van der Waals surface area contributed by atoms with Crippen molar-refractivity contribution in [1.29, 1.82) is 0 Å². The number of amides is 2. The Morgan fingerprint density at radius 2 is 2.00 bits per heavy atom. The molecule has 2 heterocycles. The lowest BCUT2D eigenvalue weighted by molar-refractivity contribution is -0.134. The van der Waals surface area contributed by atoms with Gasteiger partial charge in [-0.3, -0.25) is 9.59 Å². The van der Waals surface area contributed by atoms with Crippen LogP contribution in [0, 0.1) is 18.8 Å². The number of hydrogen-bond acceptors (Lipinski definition) is 5. The second-order valence-corrected chi connectivity index (χ2v) is 10.2. The summed E-state index contributed by atoms with van der Waals surface area (Å²) in [5, 5.41) is 2.75. The van der Waals surface area contributed by atoms with Crippen LogP contribution in [0.15, 0.2) is 29.6 Å². The van der Waals surface area contributed by atoms with E-state index >= 15 is 0 Å². The number of benzene rings is 1. The number of likely N-dealkylation sites (N-methyl/N-ethyl adjacent to an activating group) is 1. The topological polar surface area (TPSA) is 62.7 Å². The third kappa shape index (κ3) is 6.09. The zero-order valence-electron chi connectivity index (χ0n) is 19.8. The first-order chi connectivity index (χ1) is 15.3. The number of carbonyl (C=O) groups excluding carboxylic acids is 2. The first kappa shape index (κ1) is 24.2. The number of hydrogen-bond donors (Lipinski definition) is 0. The lowest BCUT2D eigenvalue weighted by atomic mass is 9.84. The van der Waals surface area contributed by atoms with Gasteiger partial charge in [0.15, 0.2) is 0 Å². The predicted molar refractivity (Wildman–Crippen MR) is 128 cm³/mol. The minimum absolute atomic E-state index is 0.0152. The molecule has 0 bridgehead atoms. The Bertz CT molecular complexity index is 919. The molecule has 0 saturated carbocycles. The summed E-state index contributed by atoms with van der Waals surface area (Å²) in [5.74, 6) is 1.69. The summed E-state index contributed by atoms with van der Waals surface area (Å²) in [4.78, 5) is 34.0. The van der Waals surface area contributed by atoms with Crippen LogP contribution in [0.25, 0.3) is 0 Å². The van der Waals surface area contributed by atoms with Crippen molar-refractivity contribution in [3.63, 3.8) is 0 Å². The van der Waals surface area contributed by atoms with E-state index in [1.54, 1.807) is 7.11 Å². The van der Waals surface area contributed by atoms with E-state index in [0.29, 0.717) is 37.0 Å². The minimum atomic E-state index is 0.0152. The van der Waals surface area contributed by atoms with Crippen LogP contribution in [-0.4, -0.2) is 59.9 Å². The van der Waals surface area contributed by atoms with E-state index in [1.165, 1.54) is 11.3 Å². The summed E-state index contributed by atoms with van der Waals surface area (Å²) in [6.45, 7) is 7.46. The van der Waals surface area contributed by atoms with Crippen molar-refractivity contribution in [3.8, 4) is 5.75 Å². The van der Waals surface area contributed by atoms with Gasteiger partial charge in [-0.15, -0.1) is 11.3 Å². The summed E-state index contributed by atoms with van der Waals surface area (Å²) in [7, 11) is 3.61. The Kier molecular flexibility index (Phi) is 8.29. The molecule has 1 saturated heterocycles. The molecular formula is C25H35N3O3S. The highest BCUT2D eigenvalue weighted by Crippen LogP contribution is 2.29. The Morgan fingerprint density at radius 3 is 2.59 bits per heavy atom. The largest absolute Gasteiger partial charge is 0.497 e. The van der Waals surface area contributed by atoms with Crippen molar-refractivity contribution in [2.45, 2.75) is 52.5 Å². The number of piperidine rings is 1. The third-order valence-electron chi connectivity index (χ3n) is 6.26. The average Bonchev–Trinajstić information content (AvgIpc) is 3.22. The number of aryl methyl sites for hydroxylation is 1.